The van der Waals surface area contributed by atoms with E-state index >= 15 is 0 Å². The van der Waals surface area contributed by atoms with Gasteiger partial charge in [0.2, 0.25) is 5.91 Å². The molecule has 2 N–H and O–H groups in total. The molecule has 1 aliphatic rings. The van der Waals surface area contributed by atoms with Crippen LogP contribution in [-0.4, -0.2) is 19.0 Å². The van der Waals surface area contributed by atoms with Gasteiger partial charge in [-0.2, -0.15) is 0 Å². The largest absolute Gasteiger partial charge is 0.355 e. The standard InChI is InChI=1S/C13H17FN2O/c1-9(17)15-7-8-16-13-6-5-10-11(13)3-2-4-12(10)14/h2-4,13,16H,5-8H2,1H3,(H,15,17). The van der Waals surface area contributed by atoms with Gasteiger partial charge in [0, 0.05) is 26.1 Å². The normalized spacial score (nSPS) is 17.9. The smallest absolute Gasteiger partial charge is 0.216 e. The number of amides is 1. The molecule has 0 spiro atoms. The van der Waals surface area contributed by atoms with E-state index in [1.807, 2.05) is 6.07 Å². The average Bonchev–Trinajstić information content (AvgIpc) is 2.69. The Morgan fingerprint density at radius 3 is 3.06 bits per heavy atom. The summed E-state index contributed by atoms with van der Waals surface area (Å²) in [6, 6.07) is 5.46. The zero-order chi connectivity index (χ0) is 12.3. The summed E-state index contributed by atoms with van der Waals surface area (Å²) in [5.41, 5.74) is 1.90. The van der Waals surface area contributed by atoms with E-state index in [9.17, 15) is 9.18 Å². The summed E-state index contributed by atoms with van der Waals surface area (Å²) in [6.07, 6.45) is 1.72. The van der Waals surface area contributed by atoms with E-state index in [2.05, 4.69) is 10.6 Å². The van der Waals surface area contributed by atoms with Crippen molar-refractivity contribution in [3.05, 3.63) is 35.1 Å². The molecule has 3 nitrogen and oxygen atoms in total. The Kier molecular flexibility index (Phi) is 3.74. The third kappa shape index (κ3) is 2.82. The highest BCUT2D eigenvalue weighted by Gasteiger charge is 2.23. The SMILES string of the molecule is CC(=O)NCCNC1CCc2c(F)cccc21. The van der Waals surface area contributed by atoms with Crippen LogP contribution in [-0.2, 0) is 11.2 Å². The molecule has 17 heavy (non-hydrogen) atoms. The van der Waals surface area contributed by atoms with Crippen molar-refractivity contribution in [1.29, 1.82) is 0 Å². The summed E-state index contributed by atoms with van der Waals surface area (Å²) in [6.45, 7) is 2.82. The predicted molar refractivity (Wildman–Crippen MR) is 64.1 cm³/mol. The van der Waals surface area contributed by atoms with E-state index in [4.69, 9.17) is 0 Å². The first-order valence-corrected chi connectivity index (χ1v) is 5.93. The van der Waals surface area contributed by atoms with Gasteiger partial charge < -0.3 is 10.6 Å². The van der Waals surface area contributed by atoms with Crippen LogP contribution in [0.25, 0.3) is 0 Å². The van der Waals surface area contributed by atoms with Gasteiger partial charge in [-0.25, -0.2) is 4.39 Å². The zero-order valence-corrected chi connectivity index (χ0v) is 9.92. The van der Waals surface area contributed by atoms with Crippen molar-refractivity contribution in [3.8, 4) is 0 Å². The highest BCUT2D eigenvalue weighted by Crippen LogP contribution is 2.32. The molecule has 0 saturated heterocycles. The summed E-state index contributed by atoms with van der Waals surface area (Å²) in [5.74, 6) is -0.127. The second kappa shape index (κ2) is 5.27. The van der Waals surface area contributed by atoms with Crippen LogP contribution in [0.15, 0.2) is 18.2 Å². The van der Waals surface area contributed by atoms with Crippen molar-refractivity contribution in [2.24, 2.45) is 0 Å². The molecule has 0 heterocycles. The zero-order valence-electron chi connectivity index (χ0n) is 9.92. The van der Waals surface area contributed by atoms with E-state index in [1.54, 1.807) is 6.07 Å². The van der Waals surface area contributed by atoms with Gasteiger partial charge in [-0.3, -0.25) is 4.79 Å². The first-order valence-electron chi connectivity index (χ1n) is 5.93. The molecule has 0 aromatic heterocycles. The maximum absolute atomic E-state index is 13.5. The number of hydrogen-bond acceptors (Lipinski definition) is 2. The minimum atomic E-state index is -0.103. The van der Waals surface area contributed by atoms with Crippen LogP contribution in [0.5, 0.6) is 0 Å². The number of nitrogens with one attached hydrogen (secondary N) is 2. The highest BCUT2D eigenvalue weighted by atomic mass is 19.1. The van der Waals surface area contributed by atoms with Gasteiger partial charge in [0.05, 0.1) is 0 Å². The minimum absolute atomic E-state index is 0.0235. The molecule has 1 amide bonds. The number of benzene rings is 1. The maximum Gasteiger partial charge on any atom is 0.216 e. The van der Waals surface area contributed by atoms with Crippen LogP contribution >= 0.6 is 0 Å². The Balaban J connectivity index is 1.89. The molecule has 1 aliphatic carbocycles. The van der Waals surface area contributed by atoms with E-state index < -0.39 is 0 Å². The number of fused-ring (bicyclic) bond motifs is 1. The van der Waals surface area contributed by atoms with Gasteiger partial charge in [0.25, 0.3) is 0 Å². The second-order valence-corrected chi connectivity index (χ2v) is 4.34. The average molecular weight is 236 g/mol. The van der Waals surface area contributed by atoms with Gasteiger partial charge in [0.15, 0.2) is 0 Å². The lowest BCUT2D eigenvalue weighted by molar-refractivity contribution is -0.118. The van der Waals surface area contributed by atoms with Crippen molar-refractivity contribution in [2.75, 3.05) is 13.1 Å². The van der Waals surface area contributed by atoms with Crippen LogP contribution in [0, 0.1) is 5.82 Å². The molecule has 0 saturated carbocycles. The fraction of sp³-hybridized carbons (Fsp3) is 0.462. The molecule has 0 radical (unpaired) electrons. The summed E-state index contributed by atoms with van der Waals surface area (Å²) < 4.78 is 13.5. The Bertz CT molecular complexity index is 420. The molecular formula is C13H17FN2O. The number of carbonyl (C=O) groups is 1. The summed E-state index contributed by atoms with van der Waals surface area (Å²) in [7, 11) is 0. The van der Waals surface area contributed by atoms with Gasteiger partial charge in [0.1, 0.15) is 5.82 Å². The molecule has 1 unspecified atom stereocenters. The third-order valence-corrected chi connectivity index (χ3v) is 3.10. The minimum Gasteiger partial charge on any atom is -0.355 e. The van der Waals surface area contributed by atoms with Gasteiger partial charge in [-0.15, -0.1) is 0 Å². The van der Waals surface area contributed by atoms with Gasteiger partial charge in [-0.1, -0.05) is 12.1 Å². The number of carbonyl (C=O) groups excluding carboxylic acids is 1. The van der Waals surface area contributed by atoms with Crippen molar-refractivity contribution < 1.29 is 9.18 Å². The Labute approximate surface area is 100 Å². The van der Waals surface area contributed by atoms with Crippen molar-refractivity contribution in [1.82, 2.24) is 10.6 Å². The second-order valence-electron chi connectivity index (χ2n) is 4.34. The van der Waals surface area contributed by atoms with E-state index in [0.717, 1.165) is 24.0 Å². The number of hydrogen-bond donors (Lipinski definition) is 2. The Morgan fingerprint density at radius 2 is 2.29 bits per heavy atom. The lowest BCUT2D eigenvalue weighted by Gasteiger charge is -2.14. The van der Waals surface area contributed by atoms with Crippen LogP contribution in [0.2, 0.25) is 0 Å². The molecule has 1 atom stereocenters. The predicted octanol–water partition coefficient (Wildman–Crippen LogP) is 1.54. The molecule has 92 valence electrons. The Hall–Kier alpha value is -1.42. The molecule has 4 heteroatoms. The van der Waals surface area contributed by atoms with Gasteiger partial charge >= 0.3 is 0 Å². The highest BCUT2D eigenvalue weighted by molar-refractivity contribution is 5.72. The lowest BCUT2D eigenvalue weighted by Crippen LogP contribution is -2.31. The maximum atomic E-state index is 13.5. The first-order chi connectivity index (χ1) is 8.18. The molecule has 0 fully saturated rings. The van der Waals surface area contributed by atoms with Crippen LogP contribution in [0.4, 0.5) is 4.39 Å². The van der Waals surface area contributed by atoms with Crippen LogP contribution in [0.1, 0.15) is 30.5 Å². The summed E-state index contributed by atoms with van der Waals surface area (Å²) in [5, 5.41) is 6.07. The summed E-state index contributed by atoms with van der Waals surface area (Å²) >= 11 is 0. The quantitative estimate of drug-likeness (QED) is 0.779. The van der Waals surface area contributed by atoms with E-state index in [-0.39, 0.29) is 17.8 Å². The van der Waals surface area contributed by atoms with E-state index in [1.165, 1.54) is 13.0 Å². The molecular weight excluding hydrogens is 219 g/mol. The third-order valence-electron chi connectivity index (χ3n) is 3.10. The molecule has 2 rings (SSSR count). The monoisotopic (exact) mass is 236 g/mol. The van der Waals surface area contributed by atoms with Crippen LogP contribution < -0.4 is 10.6 Å². The summed E-state index contributed by atoms with van der Waals surface area (Å²) in [4.78, 5) is 10.7. The first kappa shape index (κ1) is 12.0. The Morgan fingerprint density at radius 1 is 1.47 bits per heavy atom. The molecule has 1 aromatic rings. The number of halogens is 1. The van der Waals surface area contributed by atoms with Crippen molar-refractivity contribution in [2.45, 2.75) is 25.8 Å². The molecule has 0 aliphatic heterocycles. The fourth-order valence-corrected chi connectivity index (χ4v) is 2.31. The fourth-order valence-electron chi connectivity index (χ4n) is 2.31. The van der Waals surface area contributed by atoms with Gasteiger partial charge in [-0.05, 0) is 30.0 Å². The van der Waals surface area contributed by atoms with Crippen molar-refractivity contribution >= 4 is 5.91 Å². The molecule has 1 aromatic carbocycles. The van der Waals surface area contributed by atoms with E-state index in [0.29, 0.717) is 13.1 Å². The van der Waals surface area contributed by atoms with Crippen LogP contribution in [0.3, 0.4) is 0 Å². The van der Waals surface area contributed by atoms with Crippen molar-refractivity contribution in [3.63, 3.8) is 0 Å². The lowest BCUT2D eigenvalue weighted by atomic mass is 10.1. The number of rotatable bonds is 4. The molecule has 0 bridgehead atoms. The topological polar surface area (TPSA) is 41.1 Å².